The summed E-state index contributed by atoms with van der Waals surface area (Å²) in [5.41, 5.74) is 2.73. The molecular formula is C38H42BrN3O5S. The Bertz CT molecular complexity index is 1800. The predicted octanol–water partition coefficient (Wildman–Crippen LogP) is 7.05. The second kappa shape index (κ2) is 16.3. The van der Waals surface area contributed by atoms with Crippen LogP contribution in [0.25, 0.3) is 0 Å². The van der Waals surface area contributed by atoms with E-state index in [4.69, 9.17) is 4.74 Å². The second-order valence-corrected chi connectivity index (χ2v) is 15.0. The Morgan fingerprint density at radius 1 is 0.875 bits per heavy atom. The van der Waals surface area contributed by atoms with E-state index in [0.717, 1.165) is 57.6 Å². The molecule has 1 unspecified atom stereocenters. The third-order valence-electron chi connectivity index (χ3n) is 8.68. The van der Waals surface area contributed by atoms with Gasteiger partial charge >= 0.3 is 0 Å². The van der Waals surface area contributed by atoms with Gasteiger partial charge in [0.15, 0.2) is 0 Å². The van der Waals surface area contributed by atoms with Crippen LogP contribution in [-0.4, -0.2) is 50.9 Å². The van der Waals surface area contributed by atoms with Crippen molar-refractivity contribution >= 4 is 43.5 Å². The zero-order valence-corrected chi connectivity index (χ0v) is 29.8. The molecule has 0 radical (unpaired) electrons. The first-order valence-electron chi connectivity index (χ1n) is 16.3. The summed E-state index contributed by atoms with van der Waals surface area (Å²) in [6, 6.07) is 29.5. The van der Waals surface area contributed by atoms with Gasteiger partial charge in [-0.15, -0.1) is 0 Å². The molecule has 5 rings (SSSR count). The van der Waals surface area contributed by atoms with Gasteiger partial charge in [-0.05, 0) is 72.9 Å². The van der Waals surface area contributed by atoms with E-state index in [1.807, 2.05) is 67.6 Å². The lowest BCUT2D eigenvalue weighted by molar-refractivity contribution is -0.140. The van der Waals surface area contributed by atoms with E-state index in [1.54, 1.807) is 30.3 Å². The standard InChI is InChI=1S/C38H42BrN3O5S/c1-28-21-22-36(47-2)34(23-28)42(48(45,46)33-19-10-5-11-20-33)27-37(43)41(26-30-15-12-16-31(39)24-30)35(25-29-13-6-3-7-14-29)38(44)40-32-17-8-4-9-18-32/h3,5-7,10-16,19-24,32,35H,4,8-9,17-18,25-27H2,1-2H3,(H,40,44). The van der Waals surface area contributed by atoms with Crippen LogP contribution in [0.4, 0.5) is 5.69 Å². The maximum Gasteiger partial charge on any atom is 0.264 e. The van der Waals surface area contributed by atoms with Crippen molar-refractivity contribution in [3.05, 3.63) is 124 Å². The molecule has 8 nitrogen and oxygen atoms in total. The predicted molar refractivity (Wildman–Crippen MR) is 192 cm³/mol. The van der Waals surface area contributed by atoms with E-state index < -0.39 is 28.5 Å². The molecule has 0 aromatic heterocycles. The first-order chi connectivity index (χ1) is 23.2. The Hall–Kier alpha value is -4.15. The lowest BCUT2D eigenvalue weighted by Crippen LogP contribution is -2.55. The lowest BCUT2D eigenvalue weighted by atomic mass is 9.94. The van der Waals surface area contributed by atoms with Crippen LogP contribution in [0.1, 0.15) is 48.8 Å². The molecule has 1 aliphatic rings. The van der Waals surface area contributed by atoms with E-state index in [1.165, 1.54) is 24.1 Å². The number of nitrogens with one attached hydrogen (secondary N) is 1. The molecule has 0 bridgehead atoms. The van der Waals surface area contributed by atoms with Crippen molar-refractivity contribution in [3.8, 4) is 5.75 Å². The van der Waals surface area contributed by atoms with Crippen LogP contribution in [0.2, 0.25) is 0 Å². The van der Waals surface area contributed by atoms with E-state index >= 15 is 0 Å². The molecule has 0 heterocycles. The number of aryl methyl sites for hydroxylation is 1. The number of rotatable bonds is 13. The normalized spacial score (nSPS) is 14.1. The van der Waals surface area contributed by atoms with Crippen molar-refractivity contribution < 1.29 is 22.7 Å². The molecule has 0 aliphatic heterocycles. The van der Waals surface area contributed by atoms with Crippen LogP contribution in [0, 0.1) is 6.92 Å². The molecule has 1 atom stereocenters. The van der Waals surface area contributed by atoms with E-state index in [9.17, 15) is 18.0 Å². The van der Waals surface area contributed by atoms with E-state index in [0.29, 0.717) is 5.75 Å². The van der Waals surface area contributed by atoms with Crippen molar-refractivity contribution in [2.75, 3.05) is 18.0 Å². The number of carbonyl (C=O) groups excluding carboxylic acids is 2. The Balaban J connectivity index is 1.60. The first-order valence-corrected chi connectivity index (χ1v) is 18.5. The molecule has 1 saturated carbocycles. The maximum absolute atomic E-state index is 14.8. The number of benzene rings is 4. The van der Waals surface area contributed by atoms with Crippen molar-refractivity contribution in [2.24, 2.45) is 0 Å². The zero-order valence-electron chi connectivity index (χ0n) is 27.3. The van der Waals surface area contributed by atoms with Gasteiger partial charge in [0.05, 0.1) is 17.7 Å². The average molecular weight is 733 g/mol. The van der Waals surface area contributed by atoms with Gasteiger partial charge in [-0.25, -0.2) is 8.42 Å². The topological polar surface area (TPSA) is 96.0 Å². The van der Waals surface area contributed by atoms with Gasteiger partial charge in [0.1, 0.15) is 18.3 Å². The summed E-state index contributed by atoms with van der Waals surface area (Å²) in [6.07, 6.45) is 5.26. The first kappa shape index (κ1) is 35.2. The summed E-state index contributed by atoms with van der Waals surface area (Å²) >= 11 is 3.54. The highest BCUT2D eigenvalue weighted by Crippen LogP contribution is 2.34. The minimum atomic E-state index is -4.24. The average Bonchev–Trinajstić information content (AvgIpc) is 3.09. The van der Waals surface area contributed by atoms with Crippen LogP contribution >= 0.6 is 15.9 Å². The van der Waals surface area contributed by atoms with Crippen molar-refractivity contribution in [3.63, 3.8) is 0 Å². The minimum Gasteiger partial charge on any atom is -0.495 e. The van der Waals surface area contributed by atoms with Crippen LogP contribution in [0.5, 0.6) is 5.75 Å². The molecule has 1 N–H and O–H groups in total. The summed E-state index contributed by atoms with van der Waals surface area (Å²) in [6.45, 7) is 1.40. The number of halogens is 1. The third kappa shape index (κ3) is 8.85. The van der Waals surface area contributed by atoms with Crippen LogP contribution < -0.4 is 14.4 Å². The summed E-state index contributed by atoms with van der Waals surface area (Å²) < 4.78 is 36.2. The molecule has 1 aliphatic carbocycles. The fourth-order valence-corrected chi connectivity index (χ4v) is 8.04. The molecular weight excluding hydrogens is 690 g/mol. The summed E-state index contributed by atoms with van der Waals surface area (Å²) in [7, 11) is -2.77. The highest BCUT2D eigenvalue weighted by atomic mass is 79.9. The van der Waals surface area contributed by atoms with Gasteiger partial charge < -0.3 is 15.0 Å². The fourth-order valence-electron chi connectivity index (χ4n) is 6.16. The number of nitrogens with zero attached hydrogens (tertiary/aromatic N) is 2. The SMILES string of the molecule is COc1ccc(C)cc1N(CC(=O)N(Cc1cccc(Br)c1)C(Cc1ccccc1)C(=O)NC1CCCCC1)S(=O)(=O)c1ccccc1. The largest absolute Gasteiger partial charge is 0.495 e. The third-order valence-corrected chi connectivity index (χ3v) is 10.9. The fraction of sp³-hybridized carbons (Fsp3) is 0.316. The Morgan fingerprint density at radius 3 is 2.21 bits per heavy atom. The minimum absolute atomic E-state index is 0.0267. The summed E-state index contributed by atoms with van der Waals surface area (Å²) in [5.74, 6) is -0.459. The smallest absolute Gasteiger partial charge is 0.264 e. The lowest BCUT2D eigenvalue weighted by Gasteiger charge is -2.35. The summed E-state index contributed by atoms with van der Waals surface area (Å²) in [4.78, 5) is 30.6. The molecule has 10 heteroatoms. The van der Waals surface area contributed by atoms with Gasteiger partial charge in [-0.2, -0.15) is 0 Å². The second-order valence-electron chi connectivity index (χ2n) is 12.2. The van der Waals surface area contributed by atoms with E-state index in [-0.39, 0.29) is 35.5 Å². The van der Waals surface area contributed by atoms with Crippen LogP contribution in [-0.2, 0) is 32.6 Å². The Kier molecular flexibility index (Phi) is 11.9. The van der Waals surface area contributed by atoms with Gasteiger partial charge in [0, 0.05) is 23.5 Å². The number of anilines is 1. The monoisotopic (exact) mass is 731 g/mol. The molecule has 48 heavy (non-hydrogen) atoms. The molecule has 4 aromatic carbocycles. The van der Waals surface area contributed by atoms with Crippen LogP contribution in [0.15, 0.2) is 112 Å². The van der Waals surface area contributed by atoms with Gasteiger partial charge in [-0.3, -0.25) is 13.9 Å². The van der Waals surface area contributed by atoms with Gasteiger partial charge in [-0.1, -0.05) is 102 Å². The Labute approximate surface area is 292 Å². The highest BCUT2D eigenvalue weighted by Gasteiger charge is 2.36. The number of amides is 2. The van der Waals surface area contributed by atoms with Crippen molar-refractivity contribution in [1.82, 2.24) is 10.2 Å². The van der Waals surface area contributed by atoms with Gasteiger partial charge in [0.25, 0.3) is 10.0 Å². The molecule has 2 amide bonds. The number of sulfonamides is 1. The number of carbonyl (C=O) groups is 2. The zero-order chi connectivity index (χ0) is 34.1. The molecule has 4 aromatic rings. The molecule has 252 valence electrons. The summed E-state index contributed by atoms with van der Waals surface area (Å²) in [5, 5.41) is 3.24. The Morgan fingerprint density at radius 2 is 1.54 bits per heavy atom. The number of methoxy groups -OCH3 is 1. The number of hydrogen-bond acceptors (Lipinski definition) is 5. The number of hydrogen-bond donors (Lipinski definition) is 1. The number of ether oxygens (including phenoxy) is 1. The van der Waals surface area contributed by atoms with Crippen molar-refractivity contribution in [2.45, 2.75) is 69.0 Å². The van der Waals surface area contributed by atoms with Crippen LogP contribution in [0.3, 0.4) is 0 Å². The molecule has 0 spiro atoms. The van der Waals surface area contributed by atoms with Crippen molar-refractivity contribution in [1.29, 1.82) is 0 Å². The van der Waals surface area contributed by atoms with Gasteiger partial charge in [0.2, 0.25) is 11.8 Å². The quantitative estimate of drug-likeness (QED) is 0.159. The highest BCUT2D eigenvalue weighted by molar-refractivity contribution is 9.10. The molecule has 0 saturated heterocycles. The molecule has 1 fully saturated rings. The maximum atomic E-state index is 14.8. The van der Waals surface area contributed by atoms with E-state index in [2.05, 4.69) is 21.2 Å².